The van der Waals surface area contributed by atoms with Crippen LogP contribution in [0.3, 0.4) is 0 Å². The molecule has 0 spiro atoms. The van der Waals surface area contributed by atoms with Gasteiger partial charge >= 0.3 is 6.36 Å². The van der Waals surface area contributed by atoms with Gasteiger partial charge < -0.3 is 4.74 Å². The molecule has 1 aliphatic rings. The van der Waals surface area contributed by atoms with Crippen molar-refractivity contribution in [1.29, 1.82) is 0 Å². The molecular weight excluding hydrogens is 431 g/mol. The fourth-order valence-corrected chi connectivity index (χ4v) is 4.53. The molecule has 0 aromatic heterocycles. The van der Waals surface area contributed by atoms with Gasteiger partial charge in [0.25, 0.3) is 0 Å². The van der Waals surface area contributed by atoms with Gasteiger partial charge in [0.2, 0.25) is 10.0 Å². The maximum Gasteiger partial charge on any atom is 0.573 e. The molecule has 10 heteroatoms. The van der Waals surface area contributed by atoms with Crippen molar-refractivity contribution in [2.75, 3.05) is 24.2 Å². The molecule has 2 aromatic carbocycles. The van der Waals surface area contributed by atoms with Crippen LogP contribution in [-0.4, -0.2) is 39.6 Å². The van der Waals surface area contributed by atoms with Gasteiger partial charge in [-0.25, -0.2) is 13.4 Å². The summed E-state index contributed by atoms with van der Waals surface area (Å²) in [6.07, 6.45) is -1.33. The Labute approximate surface area is 180 Å². The zero-order chi connectivity index (χ0) is 22.9. The lowest BCUT2D eigenvalue weighted by molar-refractivity contribution is -0.275. The maximum atomic E-state index is 13.1. The first-order chi connectivity index (χ1) is 14.4. The largest absolute Gasteiger partial charge is 0.573 e. The van der Waals surface area contributed by atoms with Gasteiger partial charge in [-0.2, -0.15) is 0 Å². The van der Waals surface area contributed by atoms with Crippen molar-refractivity contribution in [2.24, 2.45) is 5.84 Å². The Balaban J connectivity index is 2.13. The Hall–Kier alpha value is -2.30. The van der Waals surface area contributed by atoms with E-state index in [4.69, 9.17) is 5.84 Å². The minimum Gasteiger partial charge on any atom is -0.405 e. The Morgan fingerprint density at radius 2 is 1.84 bits per heavy atom. The van der Waals surface area contributed by atoms with Gasteiger partial charge in [0.05, 0.1) is 17.5 Å². The van der Waals surface area contributed by atoms with Crippen molar-refractivity contribution in [3.8, 4) is 5.75 Å². The van der Waals surface area contributed by atoms with Gasteiger partial charge in [-0.15, -0.1) is 13.2 Å². The number of hydrogen-bond acceptors (Lipinski definition) is 5. The van der Waals surface area contributed by atoms with E-state index in [-0.39, 0.29) is 23.4 Å². The first kappa shape index (κ1) is 23.4. The molecule has 3 rings (SSSR count). The first-order valence-electron chi connectivity index (χ1n) is 9.83. The lowest BCUT2D eigenvalue weighted by Gasteiger charge is -2.45. The lowest BCUT2D eigenvalue weighted by atomic mass is 9.77. The second kappa shape index (κ2) is 8.68. The molecule has 6 nitrogen and oxygen atoms in total. The van der Waals surface area contributed by atoms with Crippen molar-refractivity contribution >= 4 is 15.7 Å². The number of rotatable bonds is 6. The van der Waals surface area contributed by atoms with Gasteiger partial charge in [-0.1, -0.05) is 30.3 Å². The fourth-order valence-electron chi connectivity index (χ4n) is 4.04. The monoisotopic (exact) mass is 457 g/mol. The van der Waals surface area contributed by atoms with Crippen LogP contribution in [-0.2, 0) is 22.0 Å². The maximum absolute atomic E-state index is 13.1. The van der Waals surface area contributed by atoms with Gasteiger partial charge in [-0.3, -0.25) is 10.1 Å². The molecule has 2 aromatic rings. The SMILES string of the molecule is CN(c1ccc(OC(F)(F)F)c(CC2(c3ccccc3)CCCCN2N)c1)S(C)(=O)=O. The van der Waals surface area contributed by atoms with Gasteiger partial charge in [-0.05, 0) is 55.0 Å². The molecule has 0 amide bonds. The molecule has 0 bridgehead atoms. The summed E-state index contributed by atoms with van der Waals surface area (Å²) in [5.41, 5.74) is 0.615. The predicted octanol–water partition coefficient (Wildman–Crippen LogP) is 3.78. The summed E-state index contributed by atoms with van der Waals surface area (Å²) in [4.78, 5) is 0. The third-order valence-corrected chi connectivity index (χ3v) is 6.92. The van der Waals surface area contributed by atoms with Crippen LogP contribution in [0.15, 0.2) is 48.5 Å². The quantitative estimate of drug-likeness (QED) is 0.669. The molecule has 1 heterocycles. The molecule has 1 aliphatic heterocycles. The van der Waals surface area contributed by atoms with E-state index in [1.165, 1.54) is 19.2 Å². The van der Waals surface area contributed by atoms with Crippen molar-refractivity contribution in [3.63, 3.8) is 0 Å². The number of nitrogens with zero attached hydrogens (tertiary/aromatic N) is 2. The molecule has 0 radical (unpaired) electrons. The summed E-state index contributed by atoms with van der Waals surface area (Å²) >= 11 is 0. The van der Waals surface area contributed by atoms with Crippen molar-refractivity contribution in [2.45, 2.75) is 37.6 Å². The number of anilines is 1. The second-order valence-electron chi connectivity index (χ2n) is 7.80. The highest BCUT2D eigenvalue weighted by Gasteiger charge is 2.41. The minimum absolute atomic E-state index is 0.129. The van der Waals surface area contributed by atoms with E-state index in [2.05, 4.69) is 4.74 Å². The van der Waals surface area contributed by atoms with Gasteiger partial charge in [0, 0.05) is 13.6 Å². The molecule has 1 atom stereocenters. The Bertz CT molecular complexity index is 1020. The third-order valence-electron chi connectivity index (χ3n) is 5.71. The molecule has 1 unspecified atom stereocenters. The Morgan fingerprint density at radius 1 is 1.16 bits per heavy atom. The number of hydrogen-bond donors (Lipinski definition) is 1. The zero-order valence-electron chi connectivity index (χ0n) is 17.4. The average molecular weight is 458 g/mol. The number of ether oxygens (including phenoxy) is 1. The minimum atomic E-state index is -4.88. The highest BCUT2D eigenvalue weighted by Crippen LogP contribution is 2.42. The van der Waals surface area contributed by atoms with Gasteiger partial charge in [0.1, 0.15) is 5.75 Å². The molecule has 1 saturated heterocycles. The number of hydrazine groups is 1. The van der Waals surface area contributed by atoms with Crippen molar-refractivity contribution in [1.82, 2.24) is 5.01 Å². The van der Waals surface area contributed by atoms with E-state index in [0.29, 0.717) is 13.0 Å². The molecule has 0 saturated carbocycles. The summed E-state index contributed by atoms with van der Waals surface area (Å²) in [6.45, 7) is 0.591. The third kappa shape index (κ3) is 5.31. The van der Waals surface area contributed by atoms with Crippen LogP contribution in [0.1, 0.15) is 30.4 Å². The number of alkyl halides is 3. The second-order valence-corrected chi connectivity index (χ2v) is 9.81. The molecule has 0 aliphatic carbocycles. The van der Waals surface area contributed by atoms with Crippen LogP contribution in [0, 0.1) is 0 Å². The van der Waals surface area contributed by atoms with E-state index in [1.54, 1.807) is 5.01 Å². The number of benzene rings is 2. The van der Waals surface area contributed by atoms with Crippen molar-refractivity contribution < 1.29 is 26.3 Å². The molecular formula is C21H26F3N3O3S. The predicted molar refractivity (Wildman–Crippen MR) is 113 cm³/mol. The Kier molecular flexibility index (Phi) is 6.54. The van der Waals surface area contributed by atoms with E-state index in [1.807, 2.05) is 30.3 Å². The number of sulfonamides is 1. The summed E-state index contributed by atoms with van der Waals surface area (Å²) in [5.74, 6) is 6.03. The van der Waals surface area contributed by atoms with E-state index < -0.39 is 21.9 Å². The van der Waals surface area contributed by atoms with Crippen molar-refractivity contribution in [3.05, 3.63) is 59.7 Å². The number of nitrogens with two attached hydrogens (primary N) is 1. The van der Waals surface area contributed by atoms with Crippen LogP contribution in [0.25, 0.3) is 0 Å². The molecule has 1 fully saturated rings. The summed E-state index contributed by atoms with van der Waals surface area (Å²) < 4.78 is 68.5. The summed E-state index contributed by atoms with van der Waals surface area (Å²) in [5, 5.41) is 1.68. The van der Waals surface area contributed by atoms with Crippen LogP contribution >= 0.6 is 0 Å². The fraction of sp³-hybridized carbons (Fsp3) is 0.429. The molecule has 31 heavy (non-hydrogen) atoms. The average Bonchev–Trinajstić information content (AvgIpc) is 2.69. The smallest absolute Gasteiger partial charge is 0.405 e. The number of piperidine rings is 1. The Morgan fingerprint density at radius 3 is 2.42 bits per heavy atom. The van der Waals surface area contributed by atoms with Crippen LogP contribution < -0.4 is 14.9 Å². The van der Waals surface area contributed by atoms with Crippen LogP contribution in [0.5, 0.6) is 5.75 Å². The standard InChI is InChI=1S/C21H26F3N3O3S/c1-26(31(2,28)29)18-10-11-19(30-21(22,23)24)16(14-18)15-20(12-6-7-13-27(20)25)17-8-4-3-5-9-17/h3-5,8-11,14H,6-7,12-13,15,25H2,1-2H3. The topological polar surface area (TPSA) is 75.9 Å². The lowest BCUT2D eigenvalue weighted by Crippen LogP contribution is -2.54. The van der Waals surface area contributed by atoms with Crippen LogP contribution in [0.2, 0.25) is 0 Å². The van der Waals surface area contributed by atoms with Gasteiger partial charge in [0.15, 0.2) is 0 Å². The molecule has 170 valence electrons. The van der Waals surface area contributed by atoms with E-state index in [0.717, 1.165) is 35.0 Å². The highest BCUT2D eigenvalue weighted by molar-refractivity contribution is 7.92. The first-order valence-corrected chi connectivity index (χ1v) is 11.7. The van der Waals surface area contributed by atoms with E-state index >= 15 is 0 Å². The number of halogens is 3. The zero-order valence-corrected chi connectivity index (χ0v) is 18.2. The molecule has 2 N–H and O–H groups in total. The van der Waals surface area contributed by atoms with Crippen LogP contribution in [0.4, 0.5) is 18.9 Å². The summed E-state index contributed by atoms with van der Waals surface area (Å²) in [7, 11) is -2.25. The highest BCUT2D eigenvalue weighted by atomic mass is 32.2. The summed E-state index contributed by atoms with van der Waals surface area (Å²) in [6, 6.07) is 13.3. The van der Waals surface area contributed by atoms with E-state index in [9.17, 15) is 21.6 Å². The normalized spacial score (nSPS) is 20.5.